The minimum absolute atomic E-state index is 0.458. The van der Waals surface area contributed by atoms with Crippen molar-refractivity contribution < 1.29 is 4.74 Å². The van der Waals surface area contributed by atoms with Crippen LogP contribution in [0, 0.1) is 11.3 Å². The fourth-order valence-electron chi connectivity index (χ4n) is 1.90. The summed E-state index contributed by atoms with van der Waals surface area (Å²) in [5.41, 5.74) is 2.80. The first kappa shape index (κ1) is 14.0. The summed E-state index contributed by atoms with van der Waals surface area (Å²) in [5.74, 6) is 0.877. The molecule has 0 unspecified atom stereocenters. The van der Waals surface area contributed by atoms with Crippen LogP contribution in [0.1, 0.15) is 16.8 Å². The lowest BCUT2D eigenvalue weighted by atomic mass is 10.1. The lowest BCUT2D eigenvalue weighted by Gasteiger charge is -2.06. The van der Waals surface area contributed by atoms with E-state index < -0.39 is 0 Å². The van der Waals surface area contributed by atoms with Gasteiger partial charge in [0.05, 0.1) is 7.11 Å². The van der Waals surface area contributed by atoms with Crippen LogP contribution in [0.25, 0.3) is 0 Å². The third kappa shape index (κ3) is 4.08. The molecule has 0 saturated heterocycles. The number of pyridine rings is 1. The second-order valence-corrected chi connectivity index (χ2v) is 4.44. The molecule has 20 heavy (non-hydrogen) atoms. The van der Waals surface area contributed by atoms with Crippen molar-refractivity contribution in [2.24, 2.45) is 0 Å². The highest BCUT2D eigenvalue weighted by Crippen LogP contribution is 2.11. The molecule has 4 nitrogen and oxygen atoms in total. The standard InChI is InChI=1S/C16H17N3O/c1-20-16-4-2-13(3-5-16)6-8-18-12-14-7-9-19-15(10-14)11-17/h2-5,7,9-10,18H,6,8,12H2,1H3. The Kier molecular flexibility index (Phi) is 5.10. The molecule has 0 aliphatic heterocycles. The Bertz CT molecular complexity index is 587. The van der Waals surface area contributed by atoms with E-state index in [0.29, 0.717) is 5.69 Å². The number of methoxy groups -OCH3 is 1. The number of benzene rings is 1. The number of nitrogens with one attached hydrogen (secondary N) is 1. The SMILES string of the molecule is COc1ccc(CCNCc2ccnc(C#N)c2)cc1. The highest BCUT2D eigenvalue weighted by molar-refractivity contribution is 5.27. The topological polar surface area (TPSA) is 57.9 Å². The normalized spacial score (nSPS) is 10.0. The van der Waals surface area contributed by atoms with E-state index in [1.807, 2.05) is 24.3 Å². The average Bonchev–Trinajstić information content (AvgIpc) is 2.52. The van der Waals surface area contributed by atoms with E-state index >= 15 is 0 Å². The molecule has 0 bridgehead atoms. The molecule has 0 amide bonds. The Hall–Kier alpha value is -2.38. The summed E-state index contributed by atoms with van der Waals surface area (Å²) >= 11 is 0. The predicted octanol–water partition coefficient (Wildman–Crippen LogP) is 2.29. The second kappa shape index (κ2) is 7.27. The maximum atomic E-state index is 8.78. The van der Waals surface area contributed by atoms with Gasteiger partial charge in [-0.15, -0.1) is 0 Å². The van der Waals surface area contributed by atoms with Gasteiger partial charge in [-0.2, -0.15) is 5.26 Å². The first-order chi connectivity index (χ1) is 9.81. The Morgan fingerprint density at radius 3 is 2.70 bits per heavy atom. The fraction of sp³-hybridized carbons (Fsp3) is 0.250. The molecule has 102 valence electrons. The van der Waals surface area contributed by atoms with Crippen LogP contribution < -0.4 is 10.1 Å². The molecule has 0 spiro atoms. The van der Waals surface area contributed by atoms with Crippen molar-refractivity contribution in [2.45, 2.75) is 13.0 Å². The molecule has 1 heterocycles. The number of aromatic nitrogens is 1. The molecule has 0 fully saturated rings. The van der Waals surface area contributed by atoms with Gasteiger partial charge in [-0.1, -0.05) is 12.1 Å². The molecule has 2 rings (SSSR count). The largest absolute Gasteiger partial charge is 0.497 e. The van der Waals surface area contributed by atoms with E-state index in [9.17, 15) is 0 Å². The molecule has 0 aliphatic carbocycles. The molecular weight excluding hydrogens is 250 g/mol. The van der Waals surface area contributed by atoms with Crippen molar-refractivity contribution in [3.8, 4) is 11.8 Å². The summed E-state index contributed by atoms with van der Waals surface area (Å²) in [6.07, 6.45) is 2.62. The predicted molar refractivity (Wildman–Crippen MR) is 77.4 cm³/mol. The number of nitrogens with zero attached hydrogens (tertiary/aromatic N) is 2. The van der Waals surface area contributed by atoms with Gasteiger partial charge in [0.2, 0.25) is 0 Å². The van der Waals surface area contributed by atoms with Gasteiger partial charge in [-0.25, -0.2) is 4.98 Å². The van der Waals surface area contributed by atoms with Crippen LogP contribution in [0.15, 0.2) is 42.6 Å². The summed E-state index contributed by atoms with van der Waals surface area (Å²) in [4.78, 5) is 3.95. The van der Waals surface area contributed by atoms with Crippen LogP contribution >= 0.6 is 0 Å². The Morgan fingerprint density at radius 1 is 1.20 bits per heavy atom. The maximum Gasteiger partial charge on any atom is 0.140 e. The lowest BCUT2D eigenvalue weighted by molar-refractivity contribution is 0.414. The molecular formula is C16H17N3O. The molecule has 0 radical (unpaired) electrons. The molecule has 0 atom stereocenters. The van der Waals surface area contributed by atoms with Crippen molar-refractivity contribution >= 4 is 0 Å². The van der Waals surface area contributed by atoms with Crippen LogP contribution in [-0.2, 0) is 13.0 Å². The van der Waals surface area contributed by atoms with Crippen LogP contribution in [-0.4, -0.2) is 18.6 Å². The van der Waals surface area contributed by atoms with Gasteiger partial charge < -0.3 is 10.1 Å². The molecule has 1 aromatic carbocycles. The van der Waals surface area contributed by atoms with Crippen molar-refractivity contribution in [1.82, 2.24) is 10.3 Å². The Morgan fingerprint density at radius 2 is 2.00 bits per heavy atom. The summed E-state index contributed by atoms with van der Waals surface area (Å²) in [6, 6.07) is 13.8. The summed E-state index contributed by atoms with van der Waals surface area (Å²) in [5, 5.41) is 12.1. The zero-order valence-corrected chi connectivity index (χ0v) is 11.5. The summed E-state index contributed by atoms with van der Waals surface area (Å²) < 4.78 is 5.13. The molecule has 1 N–H and O–H groups in total. The van der Waals surface area contributed by atoms with Crippen LogP contribution in [0.3, 0.4) is 0 Å². The molecule has 4 heteroatoms. The first-order valence-corrected chi connectivity index (χ1v) is 6.50. The number of hydrogen-bond acceptors (Lipinski definition) is 4. The van der Waals surface area contributed by atoms with Gasteiger partial charge in [0.1, 0.15) is 17.5 Å². The van der Waals surface area contributed by atoms with E-state index in [1.165, 1.54) is 5.56 Å². The third-order valence-corrected chi connectivity index (χ3v) is 3.02. The van der Waals surface area contributed by atoms with E-state index in [4.69, 9.17) is 10.00 Å². The van der Waals surface area contributed by atoms with Crippen molar-refractivity contribution in [3.05, 3.63) is 59.4 Å². The average molecular weight is 267 g/mol. The fourth-order valence-corrected chi connectivity index (χ4v) is 1.90. The molecule has 0 aliphatic rings. The van der Waals surface area contributed by atoms with Crippen LogP contribution in [0.5, 0.6) is 5.75 Å². The number of rotatable bonds is 6. The van der Waals surface area contributed by atoms with E-state index in [0.717, 1.165) is 30.8 Å². The quantitative estimate of drug-likeness (QED) is 0.816. The smallest absolute Gasteiger partial charge is 0.140 e. The minimum atomic E-state index is 0.458. The molecule has 2 aromatic rings. The Labute approximate surface area is 119 Å². The van der Waals surface area contributed by atoms with E-state index in [-0.39, 0.29) is 0 Å². The van der Waals surface area contributed by atoms with Gasteiger partial charge in [-0.3, -0.25) is 0 Å². The number of ether oxygens (including phenoxy) is 1. The molecule has 1 aromatic heterocycles. The van der Waals surface area contributed by atoms with Crippen molar-refractivity contribution in [2.75, 3.05) is 13.7 Å². The number of hydrogen-bond donors (Lipinski definition) is 1. The maximum absolute atomic E-state index is 8.78. The third-order valence-electron chi connectivity index (χ3n) is 3.02. The van der Waals surface area contributed by atoms with Gasteiger partial charge >= 0.3 is 0 Å². The van der Waals surface area contributed by atoms with E-state index in [1.54, 1.807) is 19.4 Å². The molecule has 0 saturated carbocycles. The highest BCUT2D eigenvalue weighted by atomic mass is 16.5. The minimum Gasteiger partial charge on any atom is -0.497 e. The van der Waals surface area contributed by atoms with Crippen LogP contribution in [0.2, 0.25) is 0 Å². The monoisotopic (exact) mass is 267 g/mol. The van der Waals surface area contributed by atoms with Crippen LogP contribution in [0.4, 0.5) is 0 Å². The second-order valence-electron chi connectivity index (χ2n) is 4.44. The van der Waals surface area contributed by atoms with Gasteiger partial charge in [0.25, 0.3) is 0 Å². The summed E-state index contributed by atoms with van der Waals surface area (Å²) in [7, 11) is 1.67. The summed E-state index contributed by atoms with van der Waals surface area (Å²) in [6.45, 7) is 1.63. The zero-order chi connectivity index (χ0) is 14.2. The van der Waals surface area contributed by atoms with Crippen molar-refractivity contribution in [3.63, 3.8) is 0 Å². The zero-order valence-electron chi connectivity index (χ0n) is 11.5. The lowest BCUT2D eigenvalue weighted by Crippen LogP contribution is -2.16. The Balaban J connectivity index is 1.77. The van der Waals surface area contributed by atoms with E-state index in [2.05, 4.69) is 22.4 Å². The van der Waals surface area contributed by atoms with Gasteiger partial charge in [0, 0.05) is 12.7 Å². The van der Waals surface area contributed by atoms with Crippen molar-refractivity contribution in [1.29, 1.82) is 5.26 Å². The highest BCUT2D eigenvalue weighted by Gasteiger charge is 1.97. The van der Waals surface area contributed by atoms with Gasteiger partial charge in [-0.05, 0) is 48.4 Å². The number of nitriles is 1. The first-order valence-electron chi connectivity index (χ1n) is 6.50. The van der Waals surface area contributed by atoms with Gasteiger partial charge in [0.15, 0.2) is 0 Å².